The molecular weight excluding hydrogens is 398 g/mol. The molecule has 166 valence electrons. The Morgan fingerprint density at radius 1 is 1.26 bits per heavy atom. The van der Waals surface area contributed by atoms with E-state index in [4.69, 9.17) is 14.6 Å². The van der Waals surface area contributed by atoms with Gasteiger partial charge in [-0.3, -0.25) is 9.59 Å². The molecule has 1 aromatic carbocycles. The first kappa shape index (κ1) is 22.6. The van der Waals surface area contributed by atoms with Crippen LogP contribution < -0.4 is 9.64 Å². The van der Waals surface area contributed by atoms with Gasteiger partial charge in [0.15, 0.2) is 6.10 Å². The van der Waals surface area contributed by atoms with Crippen molar-refractivity contribution in [2.75, 3.05) is 18.1 Å². The number of amides is 1. The highest BCUT2D eigenvalue weighted by Gasteiger charge is 2.34. The van der Waals surface area contributed by atoms with Crippen LogP contribution in [0.25, 0.3) is 0 Å². The smallest absolute Gasteiger partial charge is 0.304 e. The Morgan fingerprint density at radius 2 is 2.06 bits per heavy atom. The number of benzene rings is 1. The van der Waals surface area contributed by atoms with E-state index in [1.165, 1.54) is 0 Å². The summed E-state index contributed by atoms with van der Waals surface area (Å²) >= 11 is 0. The van der Waals surface area contributed by atoms with Crippen molar-refractivity contribution < 1.29 is 29.0 Å². The second-order valence-corrected chi connectivity index (χ2v) is 7.89. The van der Waals surface area contributed by atoms with Crippen molar-refractivity contribution in [3.05, 3.63) is 48.3 Å². The molecule has 0 fully saturated rings. The van der Waals surface area contributed by atoms with Gasteiger partial charge in [-0.15, -0.1) is 0 Å². The molecule has 7 heteroatoms. The minimum atomic E-state index is -0.863. The molecule has 1 heterocycles. The third-order valence-corrected chi connectivity index (χ3v) is 5.42. The molecule has 2 atom stereocenters. The lowest BCUT2D eigenvalue weighted by atomic mass is 9.95. The number of anilines is 1. The van der Waals surface area contributed by atoms with Gasteiger partial charge in [0.05, 0.1) is 24.5 Å². The fraction of sp³-hybridized carbons (Fsp3) is 0.458. The molecule has 2 aliphatic rings. The highest BCUT2D eigenvalue weighted by atomic mass is 16.5. The molecule has 31 heavy (non-hydrogen) atoms. The molecule has 0 saturated carbocycles. The van der Waals surface area contributed by atoms with E-state index in [-0.39, 0.29) is 30.6 Å². The second-order valence-electron chi connectivity index (χ2n) is 7.89. The summed E-state index contributed by atoms with van der Waals surface area (Å²) in [7, 11) is 0. The highest BCUT2D eigenvalue weighted by molar-refractivity contribution is 6.00. The van der Waals surface area contributed by atoms with Crippen LogP contribution in [0.3, 0.4) is 0 Å². The number of hydrogen-bond acceptors (Lipinski definition) is 5. The first-order valence-corrected chi connectivity index (χ1v) is 10.7. The molecule has 0 bridgehead atoms. The number of Topliss-reactive ketones (excluding diaryl/α,β-unsaturated/α-hetero) is 1. The number of fused-ring (bicyclic) bond motifs is 1. The molecule has 1 N–H and O–H groups in total. The molecule has 1 amide bonds. The van der Waals surface area contributed by atoms with Crippen LogP contribution in [-0.4, -0.2) is 42.0 Å². The third kappa shape index (κ3) is 6.20. The predicted molar refractivity (Wildman–Crippen MR) is 116 cm³/mol. The highest BCUT2D eigenvalue weighted by Crippen LogP contribution is 2.35. The Morgan fingerprint density at radius 3 is 2.84 bits per heavy atom. The number of nitrogens with zero attached hydrogens (tertiary/aromatic N) is 1. The largest absolute Gasteiger partial charge is 0.497 e. The first-order chi connectivity index (χ1) is 15.0. The van der Waals surface area contributed by atoms with Crippen LogP contribution in [0.1, 0.15) is 45.4 Å². The van der Waals surface area contributed by atoms with Gasteiger partial charge < -0.3 is 24.3 Å². The number of ketones is 1. The normalized spacial score (nSPS) is 20.0. The molecule has 7 nitrogen and oxygen atoms in total. The van der Waals surface area contributed by atoms with E-state index in [1.807, 2.05) is 36.4 Å². The number of carboxylic acids is 1. The van der Waals surface area contributed by atoms with Crippen LogP contribution in [0.4, 0.5) is 5.69 Å². The number of allylic oxidation sites excluding steroid dienone is 4. The quantitative estimate of drug-likeness (QED) is 0.539. The maximum absolute atomic E-state index is 13.1. The topological polar surface area (TPSA) is 93.1 Å². The van der Waals surface area contributed by atoms with Gasteiger partial charge in [0, 0.05) is 25.3 Å². The van der Waals surface area contributed by atoms with Crippen LogP contribution in [0.15, 0.2) is 48.3 Å². The Balaban J connectivity index is 1.60. The number of ether oxygens (including phenoxy) is 2. The molecule has 1 aliphatic carbocycles. The molecule has 0 spiro atoms. The zero-order chi connectivity index (χ0) is 22.2. The van der Waals surface area contributed by atoms with Gasteiger partial charge >= 0.3 is 5.97 Å². The molecular formula is C24H29NO6. The average molecular weight is 427 g/mol. The fourth-order valence-electron chi connectivity index (χ4n) is 3.84. The summed E-state index contributed by atoms with van der Waals surface area (Å²) < 4.78 is 11.8. The third-order valence-electron chi connectivity index (χ3n) is 5.42. The Kier molecular flexibility index (Phi) is 7.87. The van der Waals surface area contributed by atoms with E-state index in [2.05, 4.69) is 0 Å². The number of hydrogen-bond donors (Lipinski definition) is 1. The van der Waals surface area contributed by atoms with Crippen LogP contribution in [0, 0.1) is 5.92 Å². The first-order valence-electron chi connectivity index (χ1n) is 10.7. The van der Waals surface area contributed by atoms with Crippen LogP contribution in [0.2, 0.25) is 0 Å². The summed E-state index contributed by atoms with van der Waals surface area (Å²) in [5.74, 6) is 0.264. The maximum atomic E-state index is 13.1. The standard InChI is InChI=1S/C24H29NO6/c1-17(26)8-6-7-14-25-19-10-3-5-12-21(19)31-22(24(25)29)13-15-30-20-11-4-2-9-18(20)16-23(27)28/h2-5,10-12,18,22H,6-9,13-16H2,1H3,(H,27,28). The number of carboxylic acid groups (broad SMARTS) is 1. The van der Waals surface area contributed by atoms with Crippen molar-refractivity contribution in [1.29, 1.82) is 0 Å². The summed E-state index contributed by atoms with van der Waals surface area (Å²) in [4.78, 5) is 37.1. The van der Waals surface area contributed by atoms with Gasteiger partial charge in [-0.2, -0.15) is 0 Å². The van der Waals surface area contributed by atoms with Crippen molar-refractivity contribution >= 4 is 23.3 Å². The number of aliphatic carboxylic acids is 1. The lowest BCUT2D eigenvalue weighted by Gasteiger charge is -2.34. The number of para-hydroxylation sites is 2. The summed E-state index contributed by atoms with van der Waals surface area (Å²) in [5, 5.41) is 9.09. The molecule has 0 aromatic heterocycles. The molecule has 3 rings (SSSR count). The second kappa shape index (κ2) is 10.8. The summed E-state index contributed by atoms with van der Waals surface area (Å²) in [5.41, 5.74) is 0.745. The van der Waals surface area contributed by atoms with Crippen LogP contribution >= 0.6 is 0 Å². The number of carbonyl (C=O) groups excluding carboxylic acids is 2. The van der Waals surface area contributed by atoms with E-state index in [1.54, 1.807) is 17.9 Å². The van der Waals surface area contributed by atoms with Gasteiger partial charge in [0.1, 0.15) is 11.5 Å². The lowest BCUT2D eigenvalue weighted by molar-refractivity contribution is -0.138. The molecule has 1 aromatic rings. The SMILES string of the molecule is CC(=O)CCCCN1C(=O)C(CCOC2=CC=CCC2CC(=O)O)Oc2ccccc21. The summed E-state index contributed by atoms with van der Waals surface area (Å²) in [6, 6.07) is 7.44. The van der Waals surface area contributed by atoms with Gasteiger partial charge in [0.25, 0.3) is 5.91 Å². The number of unbranched alkanes of at least 4 members (excludes halogenated alkanes) is 1. The van der Waals surface area contributed by atoms with E-state index in [0.29, 0.717) is 37.3 Å². The number of carbonyl (C=O) groups is 3. The van der Waals surface area contributed by atoms with Gasteiger partial charge in [-0.1, -0.05) is 24.3 Å². The van der Waals surface area contributed by atoms with Crippen molar-refractivity contribution in [3.63, 3.8) is 0 Å². The fourth-order valence-corrected chi connectivity index (χ4v) is 3.84. The minimum absolute atomic E-state index is 0.0104. The minimum Gasteiger partial charge on any atom is -0.497 e. The average Bonchev–Trinajstić information content (AvgIpc) is 2.73. The molecule has 2 unspecified atom stereocenters. The van der Waals surface area contributed by atoms with Crippen molar-refractivity contribution in [2.45, 2.75) is 51.6 Å². The van der Waals surface area contributed by atoms with E-state index in [0.717, 1.165) is 18.5 Å². The molecule has 0 saturated heterocycles. The van der Waals surface area contributed by atoms with Crippen LogP contribution in [-0.2, 0) is 19.1 Å². The summed E-state index contributed by atoms with van der Waals surface area (Å²) in [6.45, 7) is 2.36. The van der Waals surface area contributed by atoms with Crippen molar-refractivity contribution in [2.24, 2.45) is 5.92 Å². The Bertz CT molecular complexity index is 875. The molecule has 1 aliphatic heterocycles. The Labute approximate surface area is 182 Å². The number of rotatable bonds is 11. The van der Waals surface area contributed by atoms with E-state index in [9.17, 15) is 14.4 Å². The van der Waals surface area contributed by atoms with Crippen LogP contribution in [0.5, 0.6) is 5.75 Å². The zero-order valence-electron chi connectivity index (χ0n) is 17.8. The maximum Gasteiger partial charge on any atom is 0.304 e. The Hall–Kier alpha value is -3.09. The van der Waals surface area contributed by atoms with Gasteiger partial charge in [-0.05, 0) is 44.4 Å². The molecule has 0 radical (unpaired) electrons. The monoisotopic (exact) mass is 427 g/mol. The van der Waals surface area contributed by atoms with E-state index >= 15 is 0 Å². The van der Waals surface area contributed by atoms with Gasteiger partial charge in [-0.25, -0.2) is 0 Å². The van der Waals surface area contributed by atoms with Crippen molar-refractivity contribution in [1.82, 2.24) is 0 Å². The summed E-state index contributed by atoms with van der Waals surface area (Å²) in [6.07, 6.45) is 7.88. The lowest BCUT2D eigenvalue weighted by Crippen LogP contribution is -2.46. The van der Waals surface area contributed by atoms with E-state index < -0.39 is 12.1 Å². The zero-order valence-corrected chi connectivity index (χ0v) is 17.8. The van der Waals surface area contributed by atoms with Gasteiger partial charge in [0.2, 0.25) is 0 Å². The van der Waals surface area contributed by atoms with Crippen molar-refractivity contribution in [3.8, 4) is 5.75 Å². The predicted octanol–water partition coefficient (Wildman–Crippen LogP) is 3.88.